The number of aliphatic hydroxyl groups excluding tert-OH is 1. The molecule has 7 heteroatoms. The highest BCUT2D eigenvalue weighted by Crippen LogP contribution is 2.24. The highest BCUT2D eigenvalue weighted by Gasteiger charge is 2.14. The summed E-state index contributed by atoms with van der Waals surface area (Å²) >= 11 is 3.46. The molecule has 0 radical (unpaired) electrons. The van der Waals surface area contributed by atoms with Gasteiger partial charge in [-0.15, -0.1) is 0 Å². The summed E-state index contributed by atoms with van der Waals surface area (Å²) in [6, 6.07) is 8.06. The van der Waals surface area contributed by atoms with Crippen molar-refractivity contribution in [1.82, 2.24) is 9.78 Å². The minimum absolute atomic E-state index is 0.0572. The summed E-state index contributed by atoms with van der Waals surface area (Å²) in [6.07, 6.45) is 0. The third-order valence-corrected chi connectivity index (χ3v) is 4.82. The fraction of sp³-hybridized carbons (Fsp3) is 0.438. The molecule has 1 N–H and O–H groups in total. The molecule has 6 nitrogen and oxygen atoms in total. The Morgan fingerprint density at radius 1 is 1.26 bits per heavy atom. The van der Waals surface area contributed by atoms with E-state index in [1.54, 1.807) is 11.7 Å². The maximum Gasteiger partial charge on any atom is 0.133 e. The van der Waals surface area contributed by atoms with Crippen LogP contribution in [-0.4, -0.2) is 41.2 Å². The van der Waals surface area contributed by atoms with Crippen LogP contribution in [0.25, 0.3) is 0 Å². The molecule has 1 aromatic heterocycles. The van der Waals surface area contributed by atoms with Crippen molar-refractivity contribution in [2.24, 2.45) is 7.05 Å². The number of nitrogens with zero attached hydrogens (tertiary/aromatic N) is 3. The molecule has 1 aromatic carbocycles. The van der Waals surface area contributed by atoms with E-state index in [4.69, 9.17) is 9.47 Å². The molecule has 124 valence electrons. The zero-order valence-electron chi connectivity index (χ0n) is 13.0. The molecule has 23 heavy (non-hydrogen) atoms. The van der Waals surface area contributed by atoms with Crippen LogP contribution in [-0.2, 0) is 25.0 Å². The van der Waals surface area contributed by atoms with Crippen molar-refractivity contribution in [3.63, 3.8) is 0 Å². The smallest absolute Gasteiger partial charge is 0.133 e. The van der Waals surface area contributed by atoms with E-state index in [0.29, 0.717) is 6.61 Å². The molecule has 1 fully saturated rings. The van der Waals surface area contributed by atoms with Gasteiger partial charge in [-0.25, -0.2) is 0 Å². The van der Waals surface area contributed by atoms with Crippen LogP contribution in [0.2, 0.25) is 0 Å². The molecule has 3 rings (SSSR count). The fourth-order valence-corrected chi connectivity index (χ4v) is 3.16. The van der Waals surface area contributed by atoms with Crippen molar-refractivity contribution in [3.05, 3.63) is 40.1 Å². The Morgan fingerprint density at radius 2 is 1.96 bits per heavy atom. The second-order valence-corrected chi connectivity index (χ2v) is 6.16. The predicted octanol–water partition coefficient (Wildman–Crippen LogP) is 2.09. The molecule has 0 amide bonds. The Balaban J connectivity index is 1.62. The number of aryl methyl sites for hydroxylation is 1. The molecular formula is C16H20BrN3O3. The summed E-state index contributed by atoms with van der Waals surface area (Å²) in [6.45, 7) is 3.69. The molecule has 0 bridgehead atoms. The average Bonchev–Trinajstić information content (AvgIpc) is 2.87. The molecular weight excluding hydrogens is 362 g/mol. The maximum absolute atomic E-state index is 9.31. The summed E-state index contributed by atoms with van der Waals surface area (Å²) in [5.74, 6) is 0.796. The van der Waals surface area contributed by atoms with E-state index in [1.165, 1.54) is 5.69 Å². The van der Waals surface area contributed by atoms with E-state index in [9.17, 15) is 5.11 Å². The number of aliphatic hydroxyl groups is 1. The van der Waals surface area contributed by atoms with Crippen LogP contribution in [0.5, 0.6) is 5.75 Å². The van der Waals surface area contributed by atoms with Crippen LogP contribution in [0.15, 0.2) is 28.7 Å². The lowest BCUT2D eigenvalue weighted by molar-refractivity contribution is 0.122. The van der Waals surface area contributed by atoms with E-state index in [1.807, 2.05) is 12.1 Å². The largest absolute Gasteiger partial charge is 0.487 e. The monoisotopic (exact) mass is 381 g/mol. The number of benzene rings is 1. The number of hydrogen-bond donors (Lipinski definition) is 1. The number of aromatic nitrogens is 2. The zero-order chi connectivity index (χ0) is 16.2. The minimum atomic E-state index is -0.0572. The highest BCUT2D eigenvalue weighted by molar-refractivity contribution is 9.10. The third kappa shape index (κ3) is 3.68. The van der Waals surface area contributed by atoms with Crippen LogP contribution >= 0.6 is 15.9 Å². The van der Waals surface area contributed by atoms with Crippen molar-refractivity contribution < 1.29 is 14.6 Å². The van der Waals surface area contributed by atoms with Crippen molar-refractivity contribution in [2.45, 2.75) is 13.2 Å². The van der Waals surface area contributed by atoms with Gasteiger partial charge < -0.3 is 19.5 Å². The number of hydrogen-bond acceptors (Lipinski definition) is 5. The Labute approximate surface area is 143 Å². The normalized spacial score (nSPS) is 15.0. The summed E-state index contributed by atoms with van der Waals surface area (Å²) in [7, 11) is 1.80. The van der Waals surface area contributed by atoms with E-state index in [2.05, 4.69) is 38.1 Å². The first-order valence-electron chi connectivity index (χ1n) is 7.55. The van der Waals surface area contributed by atoms with E-state index in [0.717, 1.165) is 47.9 Å². The lowest BCUT2D eigenvalue weighted by Crippen LogP contribution is -2.36. The standard InChI is InChI=1S/C16H20BrN3O3/c1-19-15(10-21)16(17)14(18-19)11-23-13-4-2-12(3-5-13)20-6-8-22-9-7-20/h2-5,21H,6-11H2,1H3. The van der Waals surface area contributed by atoms with Gasteiger partial charge in [-0.1, -0.05) is 0 Å². The van der Waals surface area contributed by atoms with Crippen LogP contribution in [0.3, 0.4) is 0 Å². The molecule has 0 spiro atoms. The lowest BCUT2D eigenvalue weighted by atomic mass is 10.2. The van der Waals surface area contributed by atoms with Gasteiger partial charge in [-0.2, -0.15) is 5.10 Å². The summed E-state index contributed by atoms with van der Waals surface area (Å²) < 4.78 is 13.6. The highest BCUT2D eigenvalue weighted by atomic mass is 79.9. The summed E-state index contributed by atoms with van der Waals surface area (Å²) in [5, 5.41) is 13.7. The van der Waals surface area contributed by atoms with Crippen LogP contribution < -0.4 is 9.64 Å². The second-order valence-electron chi connectivity index (χ2n) is 5.37. The first kappa shape index (κ1) is 16.3. The first-order chi connectivity index (χ1) is 11.2. The van der Waals surface area contributed by atoms with Gasteiger partial charge in [0.05, 0.1) is 30.0 Å². The Morgan fingerprint density at radius 3 is 2.57 bits per heavy atom. The molecule has 1 aliphatic rings. The SMILES string of the molecule is Cn1nc(COc2ccc(N3CCOCC3)cc2)c(Br)c1CO. The van der Waals surface area contributed by atoms with Gasteiger partial charge in [0.25, 0.3) is 0 Å². The van der Waals surface area contributed by atoms with Gasteiger partial charge in [0.2, 0.25) is 0 Å². The average molecular weight is 382 g/mol. The molecule has 0 aliphatic carbocycles. The number of halogens is 1. The van der Waals surface area contributed by atoms with Crippen LogP contribution in [0, 0.1) is 0 Å². The molecule has 1 aliphatic heterocycles. The zero-order valence-corrected chi connectivity index (χ0v) is 14.6. The molecule has 2 aromatic rings. The van der Waals surface area contributed by atoms with Gasteiger partial charge in [0.1, 0.15) is 18.1 Å². The molecule has 1 saturated heterocycles. The number of rotatable bonds is 5. The molecule has 0 saturated carbocycles. The van der Waals surface area contributed by atoms with E-state index >= 15 is 0 Å². The van der Waals surface area contributed by atoms with E-state index < -0.39 is 0 Å². The van der Waals surface area contributed by atoms with Crippen LogP contribution in [0.1, 0.15) is 11.4 Å². The number of morpholine rings is 1. The molecule has 0 atom stereocenters. The molecule has 2 heterocycles. The van der Waals surface area contributed by atoms with Gasteiger partial charge in [-0.3, -0.25) is 4.68 Å². The van der Waals surface area contributed by atoms with Crippen molar-refractivity contribution in [1.29, 1.82) is 0 Å². The van der Waals surface area contributed by atoms with Crippen molar-refractivity contribution >= 4 is 21.6 Å². The molecule has 0 unspecified atom stereocenters. The summed E-state index contributed by atoms with van der Waals surface area (Å²) in [5.41, 5.74) is 2.70. The third-order valence-electron chi connectivity index (χ3n) is 3.91. The maximum atomic E-state index is 9.31. The van der Waals surface area contributed by atoms with Gasteiger partial charge in [0.15, 0.2) is 0 Å². The first-order valence-corrected chi connectivity index (χ1v) is 8.35. The van der Waals surface area contributed by atoms with Gasteiger partial charge in [0, 0.05) is 25.8 Å². The van der Waals surface area contributed by atoms with Crippen molar-refractivity contribution in [2.75, 3.05) is 31.2 Å². The lowest BCUT2D eigenvalue weighted by Gasteiger charge is -2.28. The Hall–Kier alpha value is -1.57. The predicted molar refractivity (Wildman–Crippen MR) is 90.6 cm³/mol. The van der Waals surface area contributed by atoms with Gasteiger partial charge >= 0.3 is 0 Å². The number of ether oxygens (including phenoxy) is 2. The topological polar surface area (TPSA) is 59.8 Å². The Bertz CT molecular complexity index is 651. The second kappa shape index (κ2) is 7.33. The Kier molecular flexibility index (Phi) is 5.20. The van der Waals surface area contributed by atoms with Gasteiger partial charge in [-0.05, 0) is 40.2 Å². The van der Waals surface area contributed by atoms with Crippen molar-refractivity contribution in [3.8, 4) is 5.75 Å². The fourth-order valence-electron chi connectivity index (χ4n) is 2.58. The number of anilines is 1. The van der Waals surface area contributed by atoms with Crippen LogP contribution in [0.4, 0.5) is 5.69 Å². The van der Waals surface area contributed by atoms with E-state index in [-0.39, 0.29) is 6.61 Å². The quantitative estimate of drug-likeness (QED) is 0.858. The summed E-state index contributed by atoms with van der Waals surface area (Å²) in [4.78, 5) is 2.30. The minimum Gasteiger partial charge on any atom is -0.487 e.